The van der Waals surface area contributed by atoms with E-state index in [1.165, 1.54) is 0 Å². The van der Waals surface area contributed by atoms with Crippen molar-refractivity contribution in [2.45, 2.75) is 65.5 Å². The largest absolute Gasteiger partial charge is 0.493 e. The molecule has 142 valence electrons. The van der Waals surface area contributed by atoms with E-state index in [1.54, 1.807) is 13.2 Å². The lowest BCUT2D eigenvalue weighted by molar-refractivity contribution is 0.0765. The average molecular weight is 358 g/mol. The predicted octanol–water partition coefficient (Wildman–Crippen LogP) is 4.61. The molecular formula is C21H30N2O3. The van der Waals surface area contributed by atoms with Gasteiger partial charge in [-0.25, -0.2) is 0 Å². The van der Waals surface area contributed by atoms with Gasteiger partial charge in [0.15, 0.2) is 11.5 Å². The monoisotopic (exact) mass is 358 g/mol. The lowest BCUT2D eigenvalue weighted by Gasteiger charge is -2.32. The van der Waals surface area contributed by atoms with Gasteiger partial charge in [0.05, 0.1) is 24.4 Å². The zero-order chi connectivity index (χ0) is 18.9. The highest BCUT2D eigenvalue weighted by Gasteiger charge is 2.33. The second kappa shape index (κ2) is 7.29. The van der Waals surface area contributed by atoms with E-state index in [4.69, 9.17) is 9.47 Å². The second-order valence-electron chi connectivity index (χ2n) is 8.01. The van der Waals surface area contributed by atoms with E-state index in [0.717, 1.165) is 32.2 Å². The molecule has 1 saturated heterocycles. The normalized spacial score (nSPS) is 20.4. The number of carbonyl (C=O) groups excluding carboxylic acids is 1. The highest BCUT2D eigenvalue weighted by Crippen LogP contribution is 2.40. The molecule has 2 aliphatic heterocycles. The van der Waals surface area contributed by atoms with Gasteiger partial charge in [-0.3, -0.25) is 9.79 Å². The highest BCUT2D eigenvalue weighted by molar-refractivity contribution is 6.03. The molecule has 2 aliphatic rings. The van der Waals surface area contributed by atoms with Crippen LogP contribution in [0.4, 0.5) is 5.69 Å². The van der Waals surface area contributed by atoms with Crippen LogP contribution in [0, 0.1) is 5.41 Å². The summed E-state index contributed by atoms with van der Waals surface area (Å²) in [4.78, 5) is 19.4. The van der Waals surface area contributed by atoms with Gasteiger partial charge in [0, 0.05) is 24.2 Å². The van der Waals surface area contributed by atoms with Crippen molar-refractivity contribution in [3.05, 3.63) is 17.7 Å². The number of carbonyl (C=O) groups is 1. The summed E-state index contributed by atoms with van der Waals surface area (Å²) >= 11 is 0. The highest BCUT2D eigenvalue weighted by atomic mass is 16.5. The number of hydrogen-bond acceptors (Lipinski definition) is 4. The molecule has 5 heteroatoms. The molecule has 5 nitrogen and oxygen atoms in total. The van der Waals surface area contributed by atoms with Crippen LogP contribution in [0.15, 0.2) is 17.1 Å². The fourth-order valence-electron chi connectivity index (χ4n) is 3.80. The van der Waals surface area contributed by atoms with Gasteiger partial charge in [0.2, 0.25) is 0 Å². The molecule has 0 radical (unpaired) electrons. The zero-order valence-electron chi connectivity index (χ0n) is 16.5. The number of fused-ring (bicyclic) bond motifs is 2. The summed E-state index contributed by atoms with van der Waals surface area (Å²) in [5.74, 6) is 1.27. The van der Waals surface area contributed by atoms with Crippen LogP contribution >= 0.6 is 0 Å². The third kappa shape index (κ3) is 3.44. The maximum absolute atomic E-state index is 12.9. The molecule has 3 rings (SSSR count). The first kappa shape index (κ1) is 18.7. The van der Waals surface area contributed by atoms with Crippen LogP contribution < -0.4 is 9.47 Å². The molecular weight excluding hydrogens is 328 g/mol. The van der Waals surface area contributed by atoms with Gasteiger partial charge in [0.25, 0.3) is 5.91 Å². The molecule has 26 heavy (non-hydrogen) atoms. The molecule has 1 amide bonds. The van der Waals surface area contributed by atoms with Gasteiger partial charge in [-0.15, -0.1) is 0 Å². The summed E-state index contributed by atoms with van der Waals surface area (Å²) in [6, 6.07) is 3.74. The van der Waals surface area contributed by atoms with E-state index in [0.29, 0.717) is 22.7 Å². The Morgan fingerprint density at radius 2 is 2.12 bits per heavy atom. The van der Waals surface area contributed by atoms with Crippen LogP contribution in [-0.4, -0.2) is 42.8 Å². The standard InChI is InChI=1S/C21H30N2O3/c1-6-9-21(3,4)14(2)26-19-12-17-16(11-18(19)25-5)20(24)23-10-7-8-15(23)13-22-17/h11-15H,6-10H2,1-5H3. The van der Waals surface area contributed by atoms with Crippen LogP contribution in [-0.2, 0) is 0 Å². The van der Waals surface area contributed by atoms with Crippen LogP contribution in [0.2, 0.25) is 0 Å². The van der Waals surface area contributed by atoms with E-state index >= 15 is 0 Å². The van der Waals surface area contributed by atoms with Crippen LogP contribution in [0.5, 0.6) is 11.5 Å². The maximum atomic E-state index is 12.9. The predicted molar refractivity (Wildman–Crippen MR) is 104 cm³/mol. The first-order valence-electron chi connectivity index (χ1n) is 9.61. The Kier molecular flexibility index (Phi) is 5.26. The van der Waals surface area contributed by atoms with Gasteiger partial charge in [-0.05, 0) is 32.3 Å². The lowest BCUT2D eigenvalue weighted by Crippen LogP contribution is -2.35. The molecule has 2 heterocycles. The molecule has 0 saturated carbocycles. The Hall–Kier alpha value is -2.04. The van der Waals surface area contributed by atoms with E-state index in [2.05, 4.69) is 32.7 Å². The average Bonchev–Trinajstić information content (AvgIpc) is 3.03. The summed E-state index contributed by atoms with van der Waals surface area (Å²) in [5, 5.41) is 0. The van der Waals surface area contributed by atoms with E-state index in [9.17, 15) is 4.79 Å². The van der Waals surface area contributed by atoms with E-state index in [1.807, 2.05) is 17.2 Å². The van der Waals surface area contributed by atoms with Crippen LogP contribution in [0.25, 0.3) is 0 Å². The fourth-order valence-corrected chi connectivity index (χ4v) is 3.80. The first-order chi connectivity index (χ1) is 12.4. The Bertz CT molecular complexity index is 711. The maximum Gasteiger partial charge on any atom is 0.256 e. The van der Waals surface area contributed by atoms with Gasteiger partial charge in [-0.2, -0.15) is 0 Å². The lowest BCUT2D eigenvalue weighted by atomic mass is 9.83. The van der Waals surface area contributed by atoms with Crippen molar-refractivity contribution in [1.82, 2.24) is 4.90 Å². The minimum Gasteiger partial charge on any atom is -0.493 e. The molecule has 1 aromatic carbocycles. The number of rotatable bonds is 6. The fraction of sp³-hybridized carbons (Fsp3) is 0.619. The quantitative estimate of drug-likeness (QED) is 0.746. The molecule has 0 spiro atoms. The third-order valence-corrected chi connectivity index (χ3v) is 5.76. The molecule has 2 atom stereocenters. The number of ether oxygens (including phenoxy) is 2. The molecule has 0 aromatic heterocycles. The van der Waals surface area contributed by atoms with Gasteiger partial charge in [-0.1, -0.05) is 27.2 Å². The van der Waals surface area contributed by atoms with Gasteiger partial charge >= 0.3 is 0 Å². The molecule has 0 N–H and O–H groups in total. The summed E-state index contributed by atoms with van der Waals surface area (Å²) in [5.41, 5.74) is 1.31. The van der Waals surface area contributed by atoms with Gasteiger partial charge in [0.1, 0.15) is 6.10 Å². The van der Waals surface area contributed by atoms with Gasteiger partial charge < -0.3 is 14.4 Å². The molecule has 1 fully saturated rings. The molecule has 1 aromatic rings. The number of nitrogens with zero attached hydrogens (tertiary/aromatic N) is 2. The van der Waals surface area contributed by atoms with E-state index < -0.39 is 0 Å². The Labute approximate surface area is 156 Å². The topological polar surface area (TPSA) is 51.1 Å². The Morgan fingerprint density at radius 3 is 2.81 bits per heavy atom. The Balaban J connectivity index is 1.94. The van der Waals surface area contributed by atoms with Crippen molar-refractivity contribution in [2.24, 2.45) is 10.4 Å². The van der Waals surface area contributed by atoms with Crippen LogP contribution in [0.3, 0.4) is 0 Å². The number of methoxy groups -OCH3 is 1. The van der Waals surface area contributed by atoms with Crippen molar-refractivity contribution in [3.63, 3.8) is 0 Å². The zero-order valence-corrected chi connectivity index (χ0v) is 16.5. The summed E-state index contributed by atoms with van der Waals surface area (Å²) < 4.78 is 11.8. The number of benzene rings is 1. The second-order valence-corrected chi connectivity index (χ2v) is 8.01. The number of hydrogen-bond donors (Lipinski definition) is 0. The summed E-state index contributed by atoms with van der Waals surface area (Å²) in [7, 11) is 1.61. The van der Waals surface area contributed by atoms with Crippen molar-refractivity contribution in [2.75, 3.05) is 13.7 Å². The minimum absolute atomic E-state index is 0.0167. The SMILES string of the molecule is CCCC(C)(C)C(C)Oc1cc2c(cc1OC)C(=O)N1CCCC1C=N2. The van der Waals surface area contributed by atoms with Crippen molar-refractivity contribution >= 4 is 17.8 Å². The molecule has 2 unspecified atom stereocenters. The summed E-state index contributed by atoms with van der Waals surface area (Å²) in [6.07, 6.45) is 6.11. The van der Waals surface area contributed by atoms with Crippen molar-refractivity contribution in [1.29, 1.82) is 0 Å². The molecule has 0 bridgehead atoms. The minimum atomic E-state index is 0.0167. The first-order valence-corrected chi connectivity index (χ1v) is 9.61. The van der Waals surface area contributed by atoms with E-state index in [-0.39, 0.29) is 23.5 Å². The summed E-state index contributed by atoms with van der Waals surface area (Å²) in [6.45, 7) is 9.49. The van der Waals surface area contributed by atoms with Crippen molar-refractivity contribution < 1.29 is 14.3 Å². The molecule has 0 aliphatic carbocycles. The Morgan fingerprint density at radius 1 is 1.35 bits per heavy atom. The number of amides is 1. The van der Waals surface area contributed by atoms with Crippen LogP contribution in [0.1, 0.15) is 63.7 Å². The van der Waals surface area contributed by atoms with Crippen molar-refractivity contribution in [3.8, 4) is 11.5 Å². The third-order valence-electron chi connectivity index (χ3n) is 5.76. The smallest absolute Gasteiger partial charge is 0.256 e. The number of aliphatic imine (C=N–C) groups is 1.